The number of hydrogen-bond donors (Lipinski definition) is 2. The first-order valence-corrected chi connectivity index (χ1v) is 6.47. The van der Waals surface area contributed by atoms with E-state index in [1.54, 1.807) is 20.3 Å². The number of amides is 1. The molecule has 5 heteroatoms. The van der Waals surface area contributed by atoms with Crippen LogP contribution in [0.3, 0.4) is 0 Å². The molecule has 1 atom stereocenters. The number of nitrogens with one attached hydrogen (secondary N) is 1. The van der Waals surface area contributed by atoms with Gasteiger partial charge in [0.05, 0.1) is 20.3 Å². The van der Waals surface area contributed by atoms with E-state index in [2.05, 4.69) is 11.9 Å². The highest BCUT2D eigenvalue weighted by Crippen LogP contribution is 2.27. The molecule has 0 aliphatic rings. The summed E-state index contributed by atoms with van der Waals surface area (Å²) in [7, 11) is 3.19. The molecule has 0 bridgehead atoms. The number of ether oxygens (including phenoxy) is 2. The predicted octanol–water partition coefficient (Wildman–Crippen LogP) is 1.27. The Morgan fingerprint density at radius 3 is 2.70 bits per heavy atom. The van der Waals surface area contributed by atoms with E-state index in [0.717, 1.165) is 5.56 Å². The van der Waals surface area contributed by atoms with Gasteiger partial charge in [-0.3, -0.25) is 4.79 Å². The van der Waals surface area contributed by atoms with Gasteiger partial charge in [-0.05, 0) is 30.5 Å². The van der Waals surface area contributed by atoms with Gasteiger partial charge in [-0.15, -0.1) is 6.58 Å². The zero-order valence-corrected chi connectivity index (χ0v) is 12.0. The van der Waals surface area contributed by atoms with Gasteiger partial charge in [0.25, 0.3) is 0 Å². The van der Waals surface area contributed by atoms with Crippen molar-refractivity contribution in [2.45, 2.75) is 18.9 Å². The summed E-state index contributed by atoms with van der Waals surface area (Å²) < 4.78 is 10.4. The van der Waals surface area contributed by atoms with Crippen LogP contribution in [0.25, 0.3) is 0 Å². The van der Waals surface area contributed by atoms with Crippen LogP contribution in [0, 0.1) is 0 Å². The molecule has 5 nitrogen and oxygen atoms in total. The van der Waals surface area contributed by atoms with Gasteiger partial charge in [-0.2, -0.15) is 0 Å². The average molecular weight is 278 g/mol. The minimum absolute atomic E-state index is 0.162. The van der Waals surface area contributed by atoms with Crippen molar-refractivity contribution in [3.63, 3.8) is 0 Å². The highest BCUT2D eigenvalue weighted by molar-refractivity contribution is 5.81. The molecule has 20 heavy (non-hydrogen) atoms. The summed E-state index contributed by atoms with van der Waals surface area (Å²) in [5, 5.41) is 2.80. The SMILES string of the molecule is C=CCC(N)C(=O)NCCc1ccc(OC)c(OC)c1. The van der Waals surface area contributed by atoms with Crippen molar-refractivity contribution >= 4 is 5.91 Å². The molecule has 1 aromatic carbocycles. The lowest BCUT2D eigenvalue weighted by Crippen LogP contribution is -2.40. The van der Waals surface area contributed by atoms with E-state index < -0.39 is 6.04 Å². The van der Waals surface area contributed by atoms with Crippen molar-refractivity contribution < 1.29 is 14.3 Å². The van der Waals surface area contributed by atoms with Crippen LogP contribution in [-0.2, 0) is 11.2 Å². The van der Waals surface area contributed by atoms with E-state index in [0.29, 0.717) is 30.9 Å². The number of nitrogens with two attached hydrogens (primary N) is 1. The minimum atomic E-state index is -0.530. The van der Waals surface area contributed by atoms with Crippen LogP contribution in [-0.4, -0.2) is 32.7 Å². The van der Waals surface area contributed by atoms with Gasteiger partial charge in [0.15, 0.2) is 11.5 Å². The maximum atomic E-state index is 11.6. The molecular weight excluding hydrogens is 256 g/mol. The molecule has 0 aliphatic heterocycles. The molecule has 0 aromatic heterocycles. The Morgan fingerprint density at radius 2 is 2.10 bits per heavy atom. The maximum absolute atomic E-state index is 11.6. The second kappa shape index (κ2) is 8.22. The molecule has 0 radical (unpaired) electrons. The van der Waals surface area contributed by atoms with E-state index in [1.807, 2.05) is 18.2 Å². The maximum Gasteiger partial charge on any atom is 0.237 e. The second-order valence-corrected chi connectivity index (χ2v) is 4.36. The summed E-state index contributed by atoms with van der Waals surface area (Å²) >= 11 is 0. The van der Waals surface area contributed by atoms with Crippen LogP contribution in [0.1, 0.15) is 12.0 Å². The van der Waals surface area contributed by atoms with Crippen LogP contribution in [0.2, 0.25) is 0 Å². The molecule has 1 rings (SSSR count). The first-order valence-electron chi connectivity index (χ1n) is 6.47. The fraction of sp³-hybridized carbons (Fsp3) is 0.400. The van der Waals surface area contributed by atoms with Gasteiger partial charge in [0.2, 0.25) is 5.91 Å². The van der Waals surface area contributed by atoms with Crippen molar-refractivity contribution in [2.75, 3.05) is 20.8 Å². The summed E-state index contributed by atoms with van der Waals surface area (Å²) in [5.74, 6) is 1.21. The fourth-order valence-electron chi connectivity index (χ4n) is 1.78. The standard InChI is InChI=1S/C15H22N2O3/c1-4-5-12(16)15(18)17-9-8-11-6-7-13(19-2)14(10-11)20-3/h4,6-7,10,12H,1,5,8-9,16H2,2-3H3,(H,17,18). The highest BCUT2D eigenvalue weighted by Gasteiger charge is 2.10. The van der Waals surface area contributed by atoms with Crippen LogP contribution in [0.4, 0.5) is 0 Å². The Bertz CT molecular complexity index is 460. The fourth-order valence-corrected chi connectivity index (χ4v) is 1.78. The van der Waals surface area contributed by atoms with Crippen LogP contribution in [0.15, 0.2) is 30.9 Å². The number of carbonyl (C=O) groups is 1. The Kier molecular flexibility index (Phi) is 6.59. The molecule has 0 saturated heterocycles. The average Bonchev–Trinajstić information content (AvgIpc) is 2.47. The van der Waals surface area contributed by atoms with E-state index in [1.165, 1.54) is 0 Å². The van der Waals surface area contributed by atoms with E-state index in [-0.39, 0.29) is 5.91 Å². The quantitative estimate of drug-likeness (QED) is 0.702. The van der Waals surface area contributed by atoms with Crippen molar-refractivity contribution in [3.05, 3.63) is 36.4 Å². The van der Waals surface area contributed by atoms with Gasteiger partial charge in [0, 0.05) is 6.54 Å². The monoisotopic (exact) mass is 278 g/mol. The molecule has 3 N–H and O–H groups in total. The third kappa shape index (κ3) is 4.59. The summed E-state index contributed by atoms with van der Waals surface area (Å²) in [6, 6.07) is 5.16. The van der Waals surface area contributed by atoms with Gasteiger partial charge in [-0.1, -0.05) is 12.1 Å². The molecule has 0 spiro atoms. The van der Waals surface area contributed by atoms with Crippen molar-refractivity contribution in [3.8, 4) is 11.5 Å². The van der Waals surface area contributed by atoms with Gasteiger partial charge in [-0.25, -0.2) is 0 Å². The van der Waals surface area contributed by atoms with E-state index >= 15 is 0 Å². The van der Waals surface area contributed by atoms with E-state index in [9.17, 15) is 4.79 Å². The third-order valence-corrected chi connectivity index (χ3v) is 2.92. The molecule has 0 saturated carbocycles. The zero-order valence-electron chi connectivity index (χ0n) is 12.0. The highest BCUT2D eigenvalue weighted by atomic mass is 16.5. The lowest BCUT2D eigenvalue weighted by atomic mass is 10.1. The number of carbonyl (C=O) groups excluding carboxylic acids is 1. The molecular formula is C15H22N2O3. The van der Waals surface area contributed by atoms with Crippen molar-refractivity contribution in [1.29, 1.82) is 0 Å². The smallest absolute Gasteiger partial charge is 0.237 e. The van der Waals surface area contributed by atoms with E-state index in [4.69, 9.17) is 15.2 Å². The number of methoxy groups -OCH3 is 2. The zero-order chi connectivity index (χ0) is 15.0. The van der Waals surface area contributed by atoms with Gasteiger partial charge >= 0.3 is 0 Å². The number of hydrogen-bond acceptors (Lipinski definition) is 4. The van der Waals surface area contributed by atoms with Crippen LogP contribution in [0.5, 0.6) is 11.5 Å². The number of benzene rings is 1. The predicted molar refractivity (Wildman–Crippen MR) is 79.0 cm³/mol. The molecule has 0 heterocycles. The Balaban J connectivity index is 2.50. The normalized spacial score (nSPS) is 11.6. The first-order chi connectivity index (χ1) is 9.62. The molecule has 1 aromatic rings. The molecule has 1 unspecified atom stereocenters. The summed E-state index contributed by atoms with van der Waals surface area (Å²) in [5.41, 5.74) is 6.73. The van der Waals surface area contributed by atoms with Gasteiger partial charge in [0.1, 0.15) is 0 Å². The lowest BCUT2D eigenvalue weighted by molar-refractivity contribution is -0.122. The summed E-state index contributed by atoms with van der Waals surface area (Å²) in [6.07, 6.45) is 2.81. The van der Waals surface area contributed by atoms with Crippen LogP contribution >= 0.6 is 0 Å². The van der Waals surface area contributed by atoms with Crippen LogP contribution < -0.4 is 20.5 Å². The largest absolute Gasteiger partial charge is 0.493 e. The molecule has 1 amide bonds. The molecule has 0 aliphatic carbocycles. The second-order valence-electron chi connectivity index (χ2n) is 4.36. The lowest BCUT2D eigenvalue weighted by Gasteiger charge is -2.12. The van der Waals surface area contributed by atoms with Crippen molar-refractivity contribution in [2.24, 2.45) is 5.73 Å². The Labute approximate surface area is 119 Å². The Hall–Kier alpha value is -2.01. The Morgan fingerprint density at radius 1 is 1.40 bits per heavy atom. The summed E-state index contributed by atoms with van der Waals surface area (Å²) in [6.45, 7) is 4.09. The third-order valence-electron chi connectivity index (χ3n) is 2.92. The molecule has 0 fully saturated rings. The molecule has 110 valence electrons. The van der Waals surface area contributed by atoms with Gasteiger partial charge < -0.3 is 20.5 Å². The minimum Gasteiger partial charge on any atom is -0.493 e. The first kappa shape index (κ1) is 16.0. The summed E-state index contributed by atoms with van der Waals surface area (Å²) in [4.78, 5) is 11.6. The topological polar surface area (TPSA) is 73.6 Å². The van der Waals surface area contributed by atoms with Crippen molar-refractivity contribution in [1.82, 2.24) is 5.32 Å². The number of rotatable bonds is 8.